The molecule has 1 atom stereocenters. The maximum Gasteiger partial charge on any atom is 0.122 e. The van der Waals surface area contributed by atoms with Gasteiger partial charge in [-0.3, -0.25) is 4.98 Å². The largest absolute Gasteiger partial charge is 0.496 e. The van der Waals surface area contributed by atoms with E-state index in [9.17, 15) is 0 Å². The molecule has 1 aromatic heterocycles. The molecule has 1 unspecified atom stereocenters. The van der Waals surface area contributed by atoms with E-state index in [1.165, 1.54) is 11.1 Å². The highest BCUT2D eigenvalue weighted by Gasteiger charge is 2.13. The number of methoxy groups -OCH3 is 1. The molecule has 3 heteroatoms. The molecule has 0 aliphatic heterocycles. The summed E-state index contributed by atoms with van der Waals surface area (Å²) in [7, 11) is 1.69. The van der Waals surface area contributed by atoms with E-state index in [-0.39, 0.29) is 6.04 Å². The molecule has 0 saturated heterocycles. The van der Waals surface area contributed by atoms with Crippen LogP contribution in [-0.4, -0.2) is 12.1 Å². The van der Waals surface area contributed by atoms with Crippen LogP contribution in [0.4, 0.5) is 0 Å². The molecule has 2 N–H and O–H groups in total. The Morgan fingerprint density at radius 3 is 2.74 bits per heavy atom. The van der Waals surface area contributed by atoms with Gasteiger partial charge in [0.2, 0.25) is 0 Å². The van der Waals surface area contributed by atoms with E-state index in [0.717, 1.165) is 23.3 Å². The van der Waals surface area contributed by atoms with Crippen molar-refractivity contribution in [1.82, 2.24) is 4.98 Å². The van der Waals surface area contributed by atoms with Crippen LogP contribution >= 0.6 is 0 Å². The molecule has 0 aliphatic carbocycles. The van der Waals surface area contributed by atoms with Gasteiger partial charge < -0.3 is 10.5 Å². The van der Waals surface area contributed by atoms with Crippen LogP contribution in [0.3, 0.4) is 0 Å². The Morgan fingerprint density at radius 2 is 2.05 bits per heavy atom. The van der Waals surface area contributed by atoms with Crippen molar-refractivity contribution in [3.8, 4) is 5.75 Å². The first-order chi connectivity index (χ1) is 9.11. The number of pyridine rings is 1. The third kappa shape index (κ3) is 3.12. The van der Waals surface area contributed by atoms with Gasteiger partial charge in [-0.15, -0.1) is 0 Å². The minimum Gasteiger partial charge on any atom is -0.496 e. The number of aryl methyl sites for hydroxylation is 2. The predicted octanol–water partition coefficient (Wildman–Crippen LogP) is 2.95. The standard InChI is InChI=1S/C16H20N2O/c1-11-4-5-16(19-3)13(8-11)9-15(17)14-10-18-7-6-12(14)2/h4-8,10,15H,9,17H2,1-3H3. The number of nitrogens with two attached hydrogens (primary N) is 1. The van der Waals surface area contributed by atoms with Gasteiger partial charge in [0, 0.05) is 18.4 Å². The van der Waals surface area contributed by atoms with Gasteiger partial charge in [0.15, 0.2) is 0 Å². The van der Waals surface area contributed by atoms with E-state index < -0.39 is 0 Å². The topological polar surface area (TPSA) is 48.1 Å². The highest BCUT2D eigenvalue weighted by molar-refractivity contribution is 5.38. The normalized spacial score (nSPS) is 12.2. The van der Waals surface area contributed by atoms with Crippen LogP contribution in [0.15, 0.2) is 36.7 Å². The minimum absolute atomic E-state index is 0.0654. The molecule has 2 rings (SSSR count). The predicted molar refractivity (Wildman–Crippen MR) is 77.3 cm³/mol. The molecular weight excluding hydrogens is 236 g/mol. The maximum absolute atomic E-state index is 6.31. The number of aromatic nitrogens is 1. The number of ether oxygens (including phenoxy) is 1. The molecule has 0 aliphatic rings. The highest BCUT2D eigenvalue weighted by atomic mass is 16.5. The highest BCUT2D eigenvalue weighted by Crippen LogP contribution is 2.25. The zero-order valence-corrected chi connectivity index (χ0v) is 11.7. The fraction of sp³-hybridized carbons (Fsp3) is 0.312. The lowest BCUT2D eigenvalue weighted by atomic mass is 9.96. The van der Waals surface area contributed by atoms with Crippen molar-refractivity contribution in [1.29, 1.82) is 0 Å². The smallest absolute Gasteiger partial charge is 0.122 e. The summed E-state index contributed by atoms with van der Waals surface area (Å²) in [6, 6.07) is 8.09. The van der Waals surface area contributed by atoms with Crippen LogP contribution in [0.5, 0.6) is 5.75 Å². The monoisotopic (exact) mass is 256 g/mol. The summed E-state index contributed by atoms with van der Waals surface area (Å²) in [4.78, 5) is 4.16. The summed E-state index contributed by atoms with van der Waals surface area (Å²) < 4.78 is 5.40. The summed E-state index contributed by atoms with van der Waals surface area (Å²) in [5.41, 5.74) is 10.9. The molecule has 0 saturated carbocycles. The van der Waals surface area contributed by atoms with Crippen molar-refractivity contribution < 1.29 is 4.74 Å². The second-order valence-electron chi connectivity index (χ2n) is 4.86. The molecule has 0 radical (unpaired) electrons. The molecule has 2 aromatic rings. The summed E-state index contributed by atoms with van der Waals surface area (Å²) in [5.74, 6) is 0.891. The van der Waals surface area contributed by atoms with Crippen LogP contribution in [0.1, 0.15) is 28.3 Å². The molecule has 0 fully saturated rings. The lowest BCUT2D eigenvalue weighted by molar-refractivity contribution is 0.408. The quantitative estimate of drug-likeness (QED) is 0.915. The number of benzene rings is 1. The Bertz CT molecular complexity index is 566. The summed E-state index contributed by atoms with van der Waals surface area (Å²) >= 11 is 0. The van der Waals surface area contributed by atoms with E-state index in [1.807, 2.05) is 24.4 Å². The molecule has 1 heterocycles. The van der Waals surface area contributed by atoms with Gasteiger partial charge in [-0.25, -0.2) is 0 Å². The molecule has 19 heavy (non-hydrogen) atoms. The molecule has 0 bridgehead atoms. The fourth-order valence-corrected chi connectivity index (χ4v) is 2.28. The van der Waals surface area contributed by atoms with E-state index in [4.69, 9.17) is 10.5 Å². The third-order valence-electron chi connectivity index (χ3n) is 3.35. The van der Waals surface area contributed by atoms with Crippen LogP contribution in [-0.2, 0) is 6.42 Å². The summed E-state index contributed by atoms with van der Waals surface area (Å²) in [6.07, 6.45) is 4.39. The van der Waals surface area contributed by atoms with E-state index in [2.05, 4.69) is 24.9 Å². The number of nitrogens with zero attached hydrogens (tertiary/aromatic N) is 1. The van der Waals surface area contributed by atoms with E-state index in [0.29, 0.717) is 0 Å². The van der Waals surface area contributed by atoms with Crippen LogP contribution in [0.25, 0.3) is 0 Å². The van der Waals surface area contributed by atoms with Gasteiger partial charge in [0.05, 0.1) is 7.11 Å². The number of hydrogen-bond donors (Lipinski definition) is 1. The van der Waals surface area contributed by atoms with Crippen molar-refractivity contribution in [3.63, 3.8) is 0 Å². The van der Waals surface area contributed by atoms with Crippen molar-refractivity contribution in [2.24, 2.45) is 5.73 Å². The second kappa shape index (κ2) is 5.85. The molecule has 1 aromatic carbocycles. The van der Waals surface area contributed by atoms with Crippen LogP contribution in [0, 0.1) is 13.8 Å². The number of rotatable bonds is 4. The van der Waals surface area contributed by atoms with Crippen molar-refractivity contribution in [2.75, 3.05) is 7.11 Å². The van der Waals surface area contributed by atoms with Crippen molar-refractivity contribution >= 4 is 0 Å². The zero-order valence-electron chi connectivity index (χ0n) is 11.7. The Hall–Kier alpha value is -1.87. The molecule has 100 valence electrons. The molecule has 0 spiro atoms. The van der Waals surface area contributed by atoms with Crippen molar-refractivity contribution in [2.45, 2.75) is 26.3 Å². The average Bonchev–Trinajstić information content (AvgIpc) is 2.39. The Kier molecular flexibility index (Phi) is 4.17. The SMILES string of the molecule is COc1ccc(C)cc1CC(N)c1cnccc1C. The zero-order chi connectivity index (χ0) is 13.8. The van der Waals surface area contributed by atoms with Crippen molar-refractivity contribution in [3.05, 3.63) is 58.9 Å². The average molecular weight is 256 g/mol. The summed E-state index contributed by atoms with van der Waals surface area (Å²) in [6.45, 7) is 4.13. The lowest BCUT2D eigenvalue weighted by Crippen LogP contribution is -2.15. The van der Waals surface area contributed by atoms with E-state index in [1.54, 1.807) is 13.3 Å². The molecule has 3 nitrogen and oxygen atoms in total. The molecular formula is C16H20N2O. The van der Waals surface area contributed by atoms with Gasteiger partial charge >= 0.3 is 0 Å². The van der Waals surface area contributed by atoms with Crippen LogP contribution < -0.4 is 10.5 Å². The molecule has 0 amide bonds. The maximum atomic E-state index is 6.31. The Labute approximate surface area is 114 Å². The first kappa shape index (κ1) is 13.6. The van der Waals surface area contributed by atoms with Gasteiger partial charge in [-0.2, -0.15) is 0 Å². The second-order valence-corrected chi connectivity index (χ2v) is 4.86. The minimum atomic E-state index is -0.0654. The van der Waals surface area contributed by atoms with Gasteiger partial charge in [-0.1, -0.05) is 17.7 Å². The third-order valence-corrected chi connectivity index (χ3v) is 3.35. The van der Waals surface area contributed by atoms with E-state index >= 15 is 0 Å². The number of hydrogen-bond acceptors (Lipinski definition) is 3. The Morgan fingerprint density at radius 1 is 1.26 bits per heavy atom. The fourth-order valence-electron chi connectivity index (χ4n) is 2.28. The van der Waals surface area contributed by atoms with Gasteiger partial charge in [0.25, 0.3) is 0 Å². The summed E-state index contributed by atoms with van der Waals surface area (Å²) in [5, 5.41) is 0. The van der Waals surface area contributed by atoms with Crippen LogP contribution in [0.2, 0.25) is 0 Å². The van der Waals surface area contributed by atoms with Gasteiger partial charge in [-0.05, 0) is 49.1 Å². The first-order valence-corrected chi connectivity index (χ1v) is 6.41. The first-order valence-electron chi connectivity index (χ1n) is 6.41. The Balaban J connectivity index is 2.26. The lowest BCUT2D eigenvalue weighted by Gasteiger charge is -2.16. The van der Waals surface area contributed by atoms with Gasteiger partial charge in [0.1, 0.15) is 5.75 Å².